The molecular formula is C20H23N3O3. The van der Waals surface area contributed by atoms with E-state index in [4.69, 9.17) is 5.11 Å². The zero-order valence-corrected chi connectivity index (χ0v) is 15.4. The summed E-state index contributed by atoms with van der Waals surface area (Å²) in [7, 11) is 0. The fraction of sp³-hybridized carbons (Fsp3) is 0.350. The van der Waals surface area contributed by atoms with Gasteiger partial charge < -0.3 is 10.2 Å². The predicted octanol–water partition coefficient (Wildman–Crippen LogP) is 3.75. The number of hydrogen-bond donors (Lipinski definition) is 2. The number of aryl methyl sites for hydroxylation is 2. The van der Waals surface area contributed by atoms with E-state index in [-0.39, 0.29) is 17.6 Å². The number of carboxylic acid groups (broad SMARTS) is 1. The van der Waals surface area contributed by atoms with E-state index in [1.54, 1.807) is 6.07 Å². The first-order valence-corrected chi connectivity index (χ1v) is 8.57. The Morgan fingerprint density at radius 2 is 1.81 bits per heavy atom. The first-order chi connectivity index (χ1) is 12.1. The molecule has 0 aliphatic heterocycles. The molecule has 3 rings (SSSR count). The highest BCUT2D eigenvalue weighted by Crippen LogP contribution is 2.36. The topological polar surface area (TPSA) is 88.2 Å². The molecule has 136 valence electrons. The average Bonchev–Trinajstić information content (AvgIpc) is 2.95. The van der Waals surface area contributed by atoms with Crippen molar-refractivity contribution in [2.24, 2.45) is 0 Å². The largest absolute Gasteiger partial charge is 0.505 e. The van der Waals surface area contributed by atoms with Crippen LogP contribution in [0.4, 0.5) is 0 Å². The molecule has 0 unspecified atom stereocenters. The number of phenolic OH excluding ortho intramolecular Hbond substituents is 1. The van der Waals surface area contributed by atoms with Crippen molar-refractivity contribution in [1.82, 2.24) is 15.0 Å². The van der Waals surface area contributed by atoms with Gasteiger partial charge in [0.1, 0.15) is 22.5 Å². The van der Waals surface area contributed by atoms with Gasteiger partial charge >= 0.3 is 5.97 Å². The lowest BCUT2D eigenvalue weighted by molar-refractivity contribution is -0.136. The summed E-state index contributed by atoms with van der Waals surface area (Å²) in [6.07, 6.45) is 0.410. The standard InChI is InChI=1S/C20H23N3O3/c1-12-5-7-15-16(9-12)22-23(21-15)17-11-13(6-8-18(24)25)10-14(19(17)26)20(2,3)4/h5,7,9-11,26H,6,8H2,1-4H3,(H,24,25). The minimum atomic E-state index is -0.852. The number of rotatable bonds is 4. The first-order valence-electron chi connectivity index (χ1n) is 8.57. The van der Waals surface area contributed by atoms with Crippen molar-refractivity contribution in [3.63, 3.8) is 0 Å². The van der Waals surface area contributed by atoms with Crippen LogP contribution in [0, 0.1) is 6.92 Å². The molecule has 2 aromatic carbocycles. The Bertz CT molecular complexity index is 984. The zero-order valence-electron chi connectivity index (χ0n) is 15.4. The number of benzene rings is 2. The molecule has 2 N–H and O–H groups in total. The van der Waals surface area contributed by atoms with Gasteiger partial charge in [-0.25, -0.2) is 0 Å². The highest BCUT2D eigenvalue weighted by molar-refractivity contribution is 5.75. The minimum absolute atomic E-state index is 0.0293. The zero-order chi connectivity index (χ0) is 19.1. The molecule has 0 aliphatic carbocycles. The Morgan fingerprint density at radius 1 is 1.12 bits per heavy atom. The smallest absolute Gasteiger partial charge is 0.303 e. The summed E-state index contributed by atoms with van der Waals surface area (Å²) in [6.45, 7) is 8.00. The van der Waals surface area contributed by atoms with E-state index in [1.807, 2.05) is 52.0 Å². The van der Waals surface area contributed by atoms with E-state index < -0.39 is 5.97 Å². The molecule has 0 bridgehead atoms. The highest BCUT2D eigenvalue weighted by Gasteiger charge is 2.23. The van der Waals surface area contributed by atoms with Crippen LogP contribution in [0.3, 0.4) is 0 Å². The summed E-state index contributed by atoms with van der Waals surface area (Å²) in [5.41, 5.74) is 4.31. The van der Waals surface area contributed by atoms with Gasteiger partial charge in [0.2, 0.25) is 0 Å². The van der Waals surface area contributed by atoms with Gasteiger partial charge in [-0.3, -0.25) is 4.79 Å². The number of aliphatic carboxylic acids is 1. The minimum Gasteiger partial charge on any atom is -0.505 e. The van der Waals surface area contributed by atoms with Gasteiger partial charge in [-0.15, -0.1) is 15.0 Å². The lowest BCUT2D eigenvalue weighted by atomic mass is 9.84. The Labute approximate surface area is 152 Å². The summed E-state index contributed by atoms with van der Waals surface area (Å²) < 4.78 is 0. The number of aromatic nitrogens is 3. The third-order valence-corrected chi connectivity index (χ3v) is 4.34. The number of carbonyl (C=O) groups is 1. The lowest BCUT2D eigenvalue weighted by Crippen LogP contribution is -2.14. The molecule has 0 radical (unpaired) electrons. The Hall–Kier alpha value is -2.89. The summed E-state index contributed by atoms with van der Waals surface area (Å²) in [5, 5.41) is 28.8. The van der Waals surface area contributed by atoms with Crippen LogP contribution in [0.5, 0.6) is 5.75 Å². The summed E-state index contributed by atoms with van der Waals surface area (Å²) in [4.78, 5) is 12.4. The summed E-state index contributed by atoms with van der Waals surface area (Å²) >= 11 is 0. The molecule has 1 heterocycles. The molecular weight excluding hydrogens is 330 g/mol. The molecule has 6 nitrogen and oxygen atoms in total. The highest BCUT2D eigenvalue weighted by atomic mass is 16.4. The van der Waals surface area contributed by atoms with E-state index in [0.29, 0.717) is 12.1 Å². The number of carboxylic acids is 1. The van der Waals surface area contributed by atoms with Crippen molar-refractivity contribution in [2.75, 3.05) is 0 Å². The number of aromatic hydroxyl groups is 1. The van der Waals surface area contributed by atoms with Crippen molar-refractivity contribution in [1.29, 1.82) is 0 Å². The van der Waals surface area contributed by atoms with Crippen LogP contribution in [-0.2, 0) is 16.6 Å². The molecule has 0 amide bonds. The summed E-state index contributed by atoms with van der Waals surface area (Å²) in [5.74, 6) is -0.732. The van der Waals surface area contributed by atoms with E-state index in [0.717, 1.165) is 27.7 Å². The van der Waals surface area contributed by atoms with Crippen LogP contribution in [0.1, 0.15) is 43.9 Å². The monoisotopic (exact) mass is 353 g/mol. The van der Waals surface area contributed by atoms with E-state index in [9.17, 15) is 9.90 Å². The molecule has 1 aromatic heterocycles. The van der Waals surface area contributed by atoms with Crippen LogP contribution < -0.4 is 0 Å². The van der Waals surface area contributed by atoms with Crippen molar-refractivity contribution >= 4 is 17.0 Å². The maximum atomic E-state index is 10.9. The van der Waals surface area contributed by atoms with E-state index >= 15 is 0 Å². The van der Waals surface area contributed by atoms with Gasteiger partial charge in [0, 0.05) is 12.0 Å². The van der Waals surface area contributed by atoms with Crippen LogP contribution in [-0.4, -0.2) is 31.2 Å². The van der Waals surface area contributed by atoms with Crippen LogP contribution in [0.2, 0.25) is 0 Å². The Kier molecular flexibility index (Phi) is 4.44. The SMILES string of the molecule is Cc1ccc2nn(-c3cc(CCC(=O)O)cc(C(C)(C)C)c3O)nc2c1. The van der Waals surface area contributed by atoms with Crippen molar-refractivity contribution < 1.29 is 15.0 Å². The molecule has 0 saturated heterocycles. The third-order valence-electron chi connectivity index (χ3n) is 4.34. The predicted molar refractivity (Wildman–Crippen MR) is 99.9 cm³/mol. The Balaban J connectivity index is 2.16. The number of nitrogens with zero attached hydrogens (tertiary/aromatic N) is 3. The number of phenols is 1. The van der Waals surface area contributed by atoms with E-state index in [1.165, 1.54) is 4.80 Å². The summed E-state index contributed by atoms with van der Waals surface area (Å²) in [6, 6.07) is 9.43. The van der Waals surface area contributed by atoms with Gasteiger partial charge in [-0.05, 0) is 48.1 Å². The number of hydrogen-bond acceptors (Lipinski definition) is 4. The second-order valence-corrected chi connectivity index (χ2v) is 7.64. The van der Waals surface area contributed by atoms with Gasteiger partial charge in [0.05, 0.1) is 0 Å². The van der Waals surface area contributed by atoms with Gasteiger partial charge in [0.25, 0.3) is 0 Å². The van der Waals surface area contributed by atoms with Crippen LogP contribution >= 0.6 is 0 Å². The van der Waals surface area contributed by atoms with Crippen molar-refractivity contribution in [3.8, 4) is 11.4 Å². The molecule has 26 heavy (non-hydrogen) atoms. The van der Waals surface area contributed by atoms with E-state index in [2.05, 4.69) is 10.2 Å². The fourth-order valence-corrected chi connectivity index (χ4v) is 2.93. The quantitative estimate of drug-likeness (QED) is 0.746. The van der Waals surface area contributed by atoms with Gasteiger partial charge in [-0.1, -0.05) is 32.9 Å². The van der Waals surface area contributed by atoms with Crippen LogP contribution in [0.25, 0.3) is 16.7 Å². The first kappa shape index (κ1) is 17.9. The average molecular weight is 353 g/mol. The normalized spacial score (nSPS) is 11.8. The molecule has 0 aliphatic rings. The van der Waals surface area contributed by atoms with Crippen molar-refractivity contribution in [3.05, 3.63) is 47.0 Å². The molecule has 6 heteroatoms. The van der Waals surface area contributed by atoms with Crippen molar-refractivity contribution in [2.45, 2.75) is 46.0 Å². The fourth-order valence-electron chi connectivity index (χ4n) is 2.93. The lowest BCUT2D eigenvalue weighted by Gasteiger charge is -2.23. The molecule has 0 fully saturated rings. The number of fused-ring (bicyclic) bond motifs is 1. The second kappa shape index (κ2) is 6.44. The Morgan fingerprint density at radius 3 is 2.46 bits per heavy atom. The maximum absolute atomic E-state index is 10.9. The van der Waals surface area contributed by atoms with Gasteiger partial charge in [0.15, 0.2) is 0 Å². The van der Waals surface area contributed by atoms with Crippen LogP contribution in [0.15, 0.2) is 30.3 Å². The molecule has 0 atom stereocenters. The third kappa shape index (κ3) is 3.54. The maximum Gasteiger partial charge on any atom is 0.303 e. The molecule has 0 spiro atoms. The van der Waals surface area contributed by atoms with Gasteiger partial charge in [-0.2, -0.15) is 0 Å². The molecule has 0 saturated carbocycles. The molecule has 3 aromatic rings. The second-order valence-electron chi connectivity index (χ2n) is 7.64.